The van der Waals surface area contributed by atoms with Gasteiger partial charge in [-0.3, -0.25) is 9.59 Å². The summed E-state index contributed by atoms with van der Waals surface area (Å²) in [4.78, 5) is 28.6. The van der Waals surface area contributed by atoms with Crippen molar-refractivity contribution < 1.29 is 14.4 Å². The van der Waals surface area contributed by atoms with Gasteiger partial charge in [-0.1, -0.05) is 40.5 Å². The van der Waals surface area contributed by atoms with E-state index in [1.807, 2.05) is 0 Å². The molecule has 142 valence electrons. The lowest BCUT2D eigenvalue weighted by Crippen LogP contribution is -2.32. The van der Waals surface area contributed by atoms with Crippen LogP contribution in [0.3, 0.4) is 0 Å². The lowest BCUT2D eigenvalue weighted by molar-refractivity contribution is -0.110. The summed E-state index contributed by atoms with van der Waals surface area (Å²) < 4.78 is 5.75. The number of carbonyl (C=O) groups excluding carboxylic acids is 1. The molecule has 9 nitrogen and oxygen atoms in total. The van der Waals surface area contributed by atoms with Crippen LogP contribution >= 0.6 is 23.2 Å². The molecule has 1 aromatic heterocycles. The molecule has 0 saturated carbocycles. The third-order valence-corrected chi connectivity index (χ3v) is 4.35. The number of amides is 1. The van der Waals surface area contributed by atoms with Crippen LogP contribution in [0.5, 0.6) is 11.6 Å². The molecule has 0 saturated heterocycles. The molecule has 0 spiro atoms. The molecule has 2 heterocycles. The van der Waals surface area contributed by atoms with Crippen molar-refractivity contribution in [3.63, 3.8) is 0 Å². The smallest absolute Gasteiger partial charge is 0.294 e. The number of H-pyrrole nitrogens is 1. The molecule has 0 radical (unpaired) electrons. The van der Waals surface area contributed by atoms with Crippen LogP contribution in [0.2, 0.25) is 10.0 Å². The van der Waals surface area contributed by atoms with E-state index in [-0.39, 0.29) is 39.8 Å². The Bertz CT molecular complexity index is 1150. The molecular formula is C17H11Cl2N5O4. The van der Waals surface area contributed by atoms with Gasteiger partial charge in [-0.05, 0) is 24.3 Å². The van der Waals surface area contributed by atoms with E-state index in [2.05, 4.69) is 26.0 Å². The summed E-state index contributed by atoms with van der Waals surface area (Å²) in [6, 6.07) is 9.75. The van der Waals surface area contributed by atoms with Gasteiger partial charge in [0.2, 0.25) is 11.7 Å². The SMILES string of the molecule is O=C(Nc1cc(Cl)c(Oc2n[nH]c(=O)c3ccccc23)c(Cl)c1)C1=NOCN1. The quantitative estimate of drug-likeness (QED) is 0.598. The largest absolute Gasteiger partial charge is 0.434 e. The number of amidine groups is 1. The topological polar surface area (TPSA) is 118 Å². The molecule has 1 amide bonds. The molecule has 1 aliphatic rings. The van der Waals surface area contributed by atoms with Crippen molar-refractivity contribution in [2.75, 3.05) is 12.0 Å². The van der Waals surface area contributed by atoms with Gasteiger partial charge in [0.1, 0.15) is 0 Å². The summed E-state index contributed by atoms with van der Waals surface area (Å²) >= 11 is 12.6. The molecule has 3 aromatic rings. The Balaban J connectivity index is 1.64. The van der Waals surface area contributed by atoms with Crippen LogP contribution in [0.1, 0.15) is 0 Å². The Morgan fingerprint density at radius 1 is 1.18 bits per heavy atom. The fraction of sp³-hybridized carbons (Fsp3) is 0.0588. The normalized spacial score (nSPS) is 12.9. The highest BCUT2D eigenvalue weighted by Crippen LogP contribution is 2.39. The average molecular weight is 420 g/mol. The molecule has 0 atom stereocenters. The molecule has 0 aliphatic carbocycles. The number of ether oxygens (including phenoxy) is 1. The van der Waals surface area contributed by atoms with E-state index in [4.69, 9.17) is 32.8 Å². The summed E-state index contributed by atoms with van der Waals surface area (Å²) in [5.74, 6) is -0.203. The number of fused-ring (bicyclic) bond motifs is 1. The summed E-state index contributed by atoms with van der Waals surface area (Å²) in [5, 5.41) is 16.3. The Labute approximate surface area is 167 Å². The third-order valence-electron chi connectivity index (χ3n) is 3.79. The third kappa shape index (κ3) is 3.45. The van der Waals surface area contributed by atoms with E-state index in [9.17, 15) is 9.59 Å². The van der Waals surface area contributed by atoms with E-state index in [0.29, 0.717) is 16.5 Å². The Morgan fingerprint density at radius 2 is 1.89 bits per heavy atom. The van der Waals surface area contributed by atoms with Crippen LogP contribution in [0.4, 0.5) is 5.69 Å². The molecule has 2 aromatic carbocycles. The molecule has 0 unspecified atom stereocenters. The minimum atomic E-state index is -0.508. The maximum absolute atomic E-state index is 12.0. The average Bonchev–Trinajstić information content (AvgIpc) is 3.21. The minimum absolute atomic E-state index is 0.0384. The fourth-order valence-corrected chi connectivity index (χ4v) is 3.10. The predicted octanol–water partition coefficient (Wildman–Crippen LogP) is 2.85. The first-order chi connectivity index (χ1) is 13.5. The second-order valence-corrected chi connectivity index (χ2v) is 6.43. The van der Waals surface area contributed by atoms with Gasteiger partial charge in [-0.2, -0.15) is 0 Å². The van der Waals surface area contributed by atoms with E-state index >= 15 is 0 Å². The number of carbonyl (C=O) groups is 1. The lowest BCUT2D eigenvalue weighted by Gasteiger charge is -2.12. The van der Waals surface area contributed by atoms with Gasteiger partial charge in [0.05, 0.1) is 20.8 Å². The van der Waals surface area contributed by atoms with Crippen LogP contribution < -0.4 is 20.9 Å². The molecule has 11 heteroatoms. The first kappa shape index (κ1) is 18.1. The van der Waals surface area contributed by atoms with Crippen molar-refractivity contribution in [3.8, 4) is 11.6 Å². The maximum atomic E-state index is 12.0. The van der Waals surface area contributed by atoms with Gasteiger partial charge >= 0.3 is 0 Å². The number of halogens is 2. The summed E-state index contributed by atoms with van der Waals surface area (Å²) in [6.45, 7) is 0.122. The lowest BCUT2D eigenvalue weighted by atomic mass is 10.2. The molecule has 0 fully saturated rings. The molecule has 4 rings (SSSR count). The summed E-state index contributed by atoms with van der Waals surface area (Å²) in [7, 11) is 0. The maximum Gasteiger partial charge on any atom is 0.294 e. The Morgan fingerprint density at radius 3 is 2.57 bits per heavy atom. The predicted molar refractivity (Wildman–Crippen MR) is 104 cm³/mol. The highest BCUT2D eigenvalue weighted by Gasteiger charge is 2.19. The number of nitrogens with one attached hydrogen (secondary N) is 3. The van der Waals surface area contributed by atoms with Crippen molar-refractivity contribution in [3.05, 3.63) is 56.8 Å². The number of rotatable bonds is 4. The molecule has 1 aliphatic heterocycles. The monoisotopic (exact) mass is 419 g/mol. The van der Waals surface area contributed by atoms with Crippen LogP contribution in [0, 0.1) is 0 Å². The number of aromatic amines is 1. The first-order valence-corrected chi connectivity index (χ1v) is 8.68. The van der Waals surface area contributed by atoms with Crippen molar-refractivity contribution >= 4 is 51.4 Å². The zero-order valence-corrected chi connectivity index (χ0v) is 15.5. The molecular weight excluding hydrogens is 409 g/mol. The Hall–Kier alpha value is -3.30. The fourth-order valence-electron chi connectivity index (χ4n) is 2.54. The highest BCUT2D eigenvalue weighted by molar-refractivity contribution is 6.43. The zero-order valence-electron chi connectivity index (χ0n) is 14.0. The van der Waals surface area contributed by atoms with Crippen molar-refractivity contribution in [1.82, 2.24) is 15.5 Å². The molecule has 28 heavy (non-hydrogen) atoms. The van der Waals surface area contributed by atoms with Crippen LogP contribution in [0.15, 0.2) is 46.3 Å². The van der Waals surface area contributed by atoms with Crippen LogP contribution in [-0.4, -0.2) is 28.7 Å². The molecule has 0 bridgehead atoms. The zero-order chi connectivity index (χ0) is 19.7. The van der Waals surface area contributed by atoms with Gasteiger partial charge in [-0.15, -0.1) is 5.10 Å². The summed E-state index contributed by atoms with van der Waals surface area (Å²) in [5.41, 5.74) is -0.00587. The second kappa shape index (κ2) is 7.37. The van der Waals surface area contributed by atoms with Gasteiger partial charge in [0, 0.05) is 5.69 Å². The van der Waals surface area contributed by atoms with Gasteiger partial charge in [0.25, 0.3) is 11.5 Å². The number of oxime groups is 1. The van der Waals surface area contributed by atoms with Crippen LogP contribution in [0.25, 0.3) is 10.8 Å². The first-order valence-electron chi connectivity index (χ1n) is 7.92. The number of nitrogens with zero attached hydrogens (tertiary/aromatic N) is 2. The van der Waals surface area contributed by atoms with E-state index in [1.54, 1.807) is 24.3 Å². The number of hydrogen-bond donors (Lipinski definition) is 3. The standard InChI is InChI=1S/C17H11Cl2N5O4/c18-11-5-8(21-16(26)14-20-7-27-24-14)6-12(19)13(11)28-17-10-4-2-1-3-9(10)15(25)22-23-17/h1-6H,7H2,(H,20,24)(H,21,26)(H,22,25). The highest BCUT2D eigenvalue weighted by atomic mass is 35.5. The summed E-state index contributed by atoms with van der Waals surface area (Å²) in [6.07, 6.45) is 0. The van der Waals surface area contributed by atoms with Gasteiger partial charge in [-0.25, -0.2) is 5.10 Å². The van der Waals surface area contributed by atoms with Crippen molar-refractivity contribution in [1.29, 1.82) is 0 Å². The van der Waals surface area contributed by atoms with E-state index in [0.717, 1.165) is 0 Å². The number of benzene rings is 2. The number of aromatic nitrogens is 2. The van der Waals surface area contributed by atoms with E-state index in [1.165, 1.54) is 12.1 Å². The Kier molecular flexibility index (Phi) is 4.76. The van der Waals surface area contributed by atoms with Gasteiger partial charge in [0.15, 0.2) is 12.5 Å². The van der Waals surface area contributed by atoms with E-state index < -0.39 is 5.91 Å². The van der Waals surface area contributed by atoms with Crippen molar-refractivity contribution in [2.24, 2.45) is 5.16 Å². The minimum Gasteiger partial charge on any atom is -0.434 e. The molecule has 3 N–H and O–H groups in total. The van der Waals surface area contributed by atoms with Crippen LogP contribution in [-0.2, 0) is 9.63 Å². The number of anilines is 1. The second-order valence-electron chi connectivity index (χ2n) is 5.62. The van der Waals surface area contributed by atoms with Crippen molar-refractivity contribution in [2.45, 2.75) is 0 Å². The van der Waals surface area contributed by atoms with Gasteiger partial charge < -0.3 is 20.2 Å². The number of hydrogen-bond acceptors (Lipinski definition) is 7.